The first-order valence-corrected chi connectivity index (χ1v) is 8.42. The Labute approximate surface area is 148 Å². The summed E-state index contributed by atoms with van der Waals surface area (Å²) >= 11 is 0. The lowest BCUT2D eigenvalue weighted by molar-refractivity contribution is -0.131. The predicted molar refractivity (Wildman–Crippen MR) is 93.8 cm³/mol. The number of hydrogen-bond acceptors (Lipinski definition) is 4. The summed E-state index contributed by atoms with van der Waals surface area (Å²) < 4.78 is 5.01. The lowest BCUT2D eigenvalue weighted by Crippen LogP contribution is -2.51. The number of hydrogen-bond donors (Lipinski definition) is 2. The summed E-state index contributed by atoms with van der Waals surface area (Å²) in [6, 6.07) is 6.77. The summed E-state index contributed by atoms with van der Waals surface area (Å²) in [4.78, 5) is 45.2. The Morgan fingerprint density at radius 1 is 1.08 bits per heavy atom. The van der Waals surface area contributed by atoms with Crippen LogP contribution in [0, 0.1) is 0 Å². The van der Waals surface area contributed by atoms with Gasteiger partial charge in [-0.15, -0.1) is 0 Å². The van der Waals surface area contributed by atoms with Crippen LogP contribution in [-0.4, -0.2) is 57.8 Å². The summed E-state index contributed by atoms with van der Waals surface area (Å²) in [5.74, 6) is -0.611. The van der Waals surface area contributed by atoms with Gasteiger partial charge in [-0.3, -0.25) is 14.6 Å². The fourth-order valence-corrected chi connectivity index (χ4v) is 3.17. The number of carbonyl (C=O) groups excluding carboxylic acids is 2. The minimum absolute atomic E-state index is 0.0622. The van der Waals surface area contributed by atoms with Gasteiger partial charge in [-0.2, -0.15) is 0 Å². The molecule has 1 saturated heterocycles. The van der Waals surface area contributed by atoms with E-state index in [1.807, 2.05) is 12.3 Å². The number of oxazole rings is 1. The molecule has 0 unspecified atom stereocenters. The molecule has 0 aliphatic carbocycles. The fraction of sp³-hybridized carbons (Fsp3) is 0.278. The number of rotatable bonds is 3. The van der Waals surface area contributed by atoms with Crippen LogP contribution in [0.25, 0.3) is 11.1 Å². The maximum Gasteiger partial charge on any atom is 0.417 e. The van der Waals surface area contributed by atoms with Crippen molar-refractivity contribution < 1.29 is 14.0 Å². The first kappa shape index (κ1) is 16.2. The van der Waals surface area contributed by atoms with Crippen LogP contribution in [0.2, 0.25) is 0 Å². The molecule has 0 bridgehead atoms. The number of H-pyrrole nitrogens is 2. The molecule has 0 atom stereocenters. The van der Waals surface area contributed by atoms with E-state index in [0.29, 0.717) is 49.3 Å². The Morgan fingerprint density at radius 2 is 1.85 bits per heavy atom. The molecule has 26 heavy (non-hydrogen) atoms. The van der Waals surface area contributed by atoms with Gasteiger partial charge in [-0.25, -0.2) is 4.79 Å². The fourth-order valence-electron chi connectivity index (χ4n) is 3.17. The lowest BCUT2D eigenvalue weighted by Gasteiger charge is -2.34. The molecule has 1 aliphatic heterocycles. The van der Waals surface area contributed by atoms with E-state index in [2.05, 4.69) is 9.97 Å². The van der Waals surface area contributed by atoms with E-state index in [9.17, 15) is 14.4 Å². The number of piperazine rings is 1. The van der Waals surface area contributed by atoms with Crippen molar-refractivity contribution >= 4 is 22.9 Å². The third-order valence-corrected chi connectivity index (χ3v) is 4.61. The normalized spacial score (nSPS) is 14.8. The molecule has 0 radical (unpaired) electrons. The van der Waals surface area contributed by atoms with Gasteiger partial charge >= 0.3 is 5.76 Å². The zero-order valence-electron chi connectivity index (χ0n) is 14.0. The molecular formula is C18H18N4O4. The SMILES string of the molecule is O=C(Cc1cc[nH]c1)N1CCN(C(=O)c2ccc3[nH]c(=O)oc3c2)CC1. The van der Waals surface area contributed by atoms with E-state index >= 15 is 0 Å². The number of benzene rings is 1. The smallest absolute Gasteiger partial charge is 0.408 e. The van der Waals surface area contributed by atoms with E-state index in [0.717, 1.165) is 5.56 Å². The number of nitrogens with one attached hydrogen (secondary N) is 2. The maximum atomic E-state index is 12.7. The number of aromatic nitrogens is 2. The van der Waals surface area contributed by atoms with Gasteiger partial charge in [0, 0.05) is 44.1 Å². The number of aromatic amines is 2. The molecule has 2 amide bonds. The average molecular weight is 354 g/mol. The van der Waals surface area contributed by atoms with Gasteiger partial charge in [0.25, 0.3) is 5.91 Å². The third kappa shape index (κ3) is 3.13. The van der Waals surface area contributed by atoms with Crippen LogP contribution in [0.15, 0.2) is 45.9 Å². The number of nitrogens with zero attached hydrogens (tertiary/aromatic N) is 2. The minimum Gasteiger partial charge on any atom is -0.408 e. The van der Waals surface area contributed by atoms with Crippen molar-refractivity contribution in [1.29, 1.82) is 0 Å². The molecule has 134 valence electrons. The molecule has 1 fully saturated rings. The van der Waals surface area contributed by atoms with Gasteiger partial charge in [0.2, 0.25) is 5.91 Å². The van der Waals surface area contributed by atoms with E-state index in [-0.39, 0.29) is 11.8 Å². The van der Waals surface area contributed by atoms with E-state index in [1.165, 1.54) is 0 Å². The highest BCUT2D eigenvalue weighted by molar-refractivity contribution is 5.97. The first-order chi connectivity index (χ1) is 12.6. The molecule has 1 aromatic carbocycles. The van der Waals surface area contributed by atoms with E-state index in [4.69, 9.17) is 4.42 Å². The van der Waals surface area contributed by atoms with Gasteiger partial charge in [-0.1, -0.05) is 0 Å². The number of carbonyl (C=O) groups is 2. The summed E-state index contributed by atoms with van der Waals surface area (Å²) in [6.07, 6.45) is 3.97. The van der Waals surface area contributed by atoms with E-state index in [1.54, 1.807) is 34.2 Å². The molecule has 3 heterocycles. The highest BCUT2D eigenvalue weighted by atomic mass is 16.4. The molecule has 0 saturated carbocycles. The topological polar surface area (TPSA) is 102 Å². The molecule has 3 aromatic rings. The zero-order chi connectivity index (χ0) is 18.1. The van der Waals surface area contributed by atoms with Gasteiger partial charge in [0.15, 0.2) is 5.58 Å². The van der Waals surface area contributed by atoms with Crippen LogP contribution >= 0.6 is 0 Å². The summed E-state index contributed by atoms with van der Waals surface area (Å²) in [5, 5.41) is 0. The summed E-state index contributed by atoms with van der Waals surface area (Å²) in [7, 11) is 0. The molecule has 8 heteroatoms. The van der Waals surface area contributed by atoms with Gasteiger partial charge in [-0.05, 0) is 29.8 Å². The minimum atomic E-state index is -0.542. The standard InChI is InChI=1S/C18H18N4O4/c23-16(9-12-3-4-19-11-12)21-5-7-22(8-6-21)17(24)13-1-2-14-15(10-13)26-18(25)20-14/h1-4,10-11,19H,5-9H2,(H,20,25). The van der Waals surface area contributed by atoms with Crippen LogP contribution < -0.4 is 5.76 Å². The molecule has 4 rings (SSSR count). The lowest BCUT2D eigenvalue weighted by atomic mass is 10.1. The summed E-state index contributed by atoms with van der Waals surface area (Å²) in [6.45, 7) is 1.98. The van der Waals surface area contributed by atoms with E-state index < -0.39 is 5.76 Å². The Hall–Kier alpha value is -3.29. The van der Waals surface area contributed by atoms with Crippen molar-refractivity contribution in [3.8, 4) is 0 Å². The molecule has 0 spiro atoms. The molecule has 2 aromatic heterocycles. The quantitative estimate of drug-likeness (QED) is 0.732. The zero-order valence-corrected chi connectivity index (χ0v) is 14.0. The second-order valence-electron chi connectivity index (χ2n) is 6.29. The second-order valence-corrected chi connectivity index (χ2v) is 6.29. The van der Waals surface area contributed by atoms with Crippen LogP contribution in [0.3, 0.4) is 0 Å². The molecule has 1 aliphatic rings. The monoisotopic (exact) mass is 354 g/mol. The van der Waals surface area contributed by atoms with Crippen LogP contribution in [0.4, 0.5) is 0 Å². The van der Waals surface area contributed by atoms with Crippen LogP contribution in [0.1, 0.15) is 15.9 Å². The molecular weight excluding hydrogens is 336 g/mol. The number of fused-ring (bicyclic) bond motifs is 1. The Balaban J connectivity index is 1.39. The number of amides is 2. The molecule has 8 nitrogen and oxygen atoms in total. The van der Waals surface area contributed by atoms with Crippen molar-refractivity contribution in [1.82, 2.24) is 19.8 Å². The van der Waals surface area contributed by atoms with Crippen LogP contribution in [-0.2, 0) is 11.2 Å². The van der Waals surface area contributed by atoms with Gasteiger partial charge < -0.3 is 19.2 Å². The maximum absolute atomic E-state index is 12.7. The molecule has 2 N–H and O–H groups in total. The third-order valence-electron chi connectivity index (χ3n) is 4.61. The Bertz CT molecular complexity index is 994. The van der Waals surface area contributed by atoms with Gasteiger partial charge in [0.05, 0.1) is 11.9 Å². The predicted octanol–water partition coefficient (Wildman–Crippen LogP) is 0.976. The van der Waals surface area contributed by atoms with Crippen molar-refractivity contribution in [2.45, 2.75) is 6.42 Å². The van der Waals surface area contributed by atoms with Crippen molar-refractivity contribution in [2.24, 2.45) is 0 Å². The average Bonchev–Trinajstić information content (AvgIpc) is 3.28. The highest BCUT2D eigenvalue weighted by Crippen LogP contribution is 2.15. The first-order valence-electron chi connectivity index (χ1n) is 8.42. The Kier molecular flexibility index (Phi) is 4.08. The van der Waals surface area contributed by atoms with Crippen molar-refractivity contribution in [3.63, 3.8) is 0 Å². The van der Waals surface area contributed by atoms with Crippen LogP contribution in [0.5, 0.6) is 0 Å². The second kappa shape index (κ2) is 6.55. The van der Waals surface area contributed by atoms with Gasteiger partial charge in [0.1, 0.15) is 0 Å². The largest absolute Gasteiger partial charge is 0.417 e. The highest BCUT2D eigenvalue weighted by Gasteiger charge is 2.25. The van der Waals surface area contributed by atoms with Crippen molar-refractivity contribution in [2.75, 3.05) is 26.2 Å². The summed E-state index contributed by atoms with van der Waals surface area (Å²) in [5.41, 5.74) is 2.34. The Morgan fingerprint density at radius 3 is 2.58 bits per heavy atom. The van der Waals surface area contributed by atoms with Crippen molar-refractivity contribution in [3.05, 3.63) is 58.3 Å².